The third-order valence-electron chi connectivity index (χ3n) is 4.01. The van der Waals surface area contributed by atoms with Crippen molar-refractivity contribution in [2.75, 3.05) is 26.2 Å². The molecule has 1 saturated heterocycles. The average Bonchev–Trinajstić information content (AvgIpc) is 2.22. The van der Waals surface area contributed by atoms with Crippen LogP contribution in [0.1, 0.15) is 45.4 Å². The number of hydrogen-bond donors (Lipinski definition) is 1. The van der Waals surface area contributed by atoms with E-state index in [1.807, 2.05) is 0 Å². The van der Waals surface area contributed by atoms with Gasteiger partial charge >= 0.3 is 0 Å². The topological polar surface area (TPSA) is 15.3 Å². The van der Waals surface area contributed by atoms with Crippen molar-refractivity contribution in [3.05, 3.63) is 0 Å². The molecular weight excluding hydrogens is 184 g/mol. The monoisotopic (exact) mass is 210 g/mol. The fourth-order valence-electron chi connectivity index (χ4n) is 2.71. The van der Waals surface area contributed by atoms with Crippen LogP contribution in [0.3, 0.4) is 0 Å². The molecular formula is C13H26N2. The summed E-state index contributed by atoms with van der Waals surface area (Å²) in [6, 6.07) is 0.808. The Hall–Kier alpha value is -0.0800. The molecule has 0 atom stereocenters. The van der Waals surface area contributed by atoms with Crippen molar-refractivity contribution < 1.29 is 0 Å². The van der Waals surface area contributed by atoms with Gasteiger partial charge in [-0.2, -0.15) is 0 Å². The van der Waals surface area contributed by atoms with Crippen LogP contribution in [-0.2, 0) is 0 Å². The first-order chi connectivity index (χ1) is 7.38. The van der Waals surface area contributed by atoms with E-state index in [9.17, 15) is 0 Å². The van der Waals surface area contributed by atoms with Gasteiger partial charge < -0.3 is 10.2 Å². The Labute approximate surface area is 94.4 Å². The maximum absolute atomic E-state index is 3.65. The number of nitrogens with one attached hydrogen (secondary N) is 1. The second kappa shape index (κ2) is 5.86. The molecule has 0 aromatic rings. The maximum atomic E-state index is 3.65. The zero-order valence-electron chi connectivity index (χ0n) is 10.2. The van der Waals surface area contributed by atoms with Crippen molar-refractivity contribution in [2.24, 2.45) is 5.92 Å². The molecule has 0 unspecified atom stereocenters. The van der Waals surface area contributed by atoms with E-state index in [0.29, 0.717) is 0 Å². The van der Waals surface area contributed by atoms with Crippen LogP contribution in [-0.4, -0.2) is 37.1 Å². The van der Waals surface area contributed by atoms with Gasteiger partial charge in [0.25, 0.3) is 0 Å². The standard InChI is InChI=1S/C13H26N2/c1-2-8-14-13-6-9-15(10-7-13)11-12-4-3-5-12/h12-14H,2-11H2,1H3. The molecule has 2 nitrogen and oxygen atoms in total. The molecule has 0 aromatic heterocycles. The van der Waals surface area contributed by atoms with Gasteiger partial charge in [0.15, 0.2) is 0 Å². The highest BCUT2D eigenvalue weighted by Crippen LogP contribution is 2.27. The first-order valence-electron chi connectivity index (χ1n) is 6.84. The van der Waals surface area contributed by atoms with Crippen molar-refractivity contribution in [3.63, 3.8) is 0 Å². The highest BCUT2D eigenvalue weighted by Gasteiger charge is 2.24. The maximum Gasteiger partial charge on any atom is 0.00914 e. The molecule has 15 heavy (non-hydrogen) atoms. The summed E-state index contributed by atoms with van der Waals surface area (Å²) in [5.74, 6) is 1.05. The molecule has 2 rings (SSSR count). The van der Waals surface area contributed by atoms with Crippen LogP contribution < -0.4 is 5.32 Å². The van der Waals surface area contributed by atoms with E-state index in [-0.39, 0.29) is 0 Å². The third kappa shape index (κ3) is 3.46. The SMILES string of the molecule is CCCNC1CCN(CC2CCC2)CC1. The highest BCUT2D eigenvalue weighted by molar-refractivity contribution is 4.80. The molecule has 1 saturated carbocycles. The van der Waals surface area contributed by atoms with Crippen molar-refractivity contribution in [3.8, 4) is 0 Å². The van der Waals surface area contributed by atoms with Gasteiger partial charge in [0.05, 0.1) is 0 Å². The number of nitrogens with zero attached hydrogens (tertiary/aromatic N) is 1. The highest BCUT2D eigenvalue weighted by atomic mass is 15.1. The fraction of sp³-hybridized carbons (Fsp3) is 1.00. The van der Waals surface area contributed by atoms with E-state index in [2.05, 4.69) is 17.1 Å². The lowest BCUT2D eigenvalue weighted by Gasteiger charge is -2.37. The Kier molecular flexibility index (Phi) is 4.45. The second-order valence-corrected chi connectivity index (χ2v) is 5.33. The van der Waals surface area contributed by atoms with Crippen LogP contribution in [0.25, 0.3) is 0 Å². The minimum Gasteiger partial charge on any atom is -0.314 e. The molecule has 0 amide bonds. The van der Waals surface area contributed by atoms with Crippen molar-refractivity contribution in [1.82, 2.24) is 10.2 Å². The Bertz CT molecular complexity index is 169. The minimum atomic E-state index is 0.808. The Morgan fingerprint density at radius 2 is 1.87 bits per heavy atom. The molecule has 0 aromatic carbocycles. The van der Waals surface area contributed by atoms with Gasteiger partial charge in [0.2, 0.25) is 0 Å². The largest absolute Gasteiger partial charge is 0.314 e. The van der Waals surface area contributed by atoms with E-state index >= 15 is 0 Å². The van der Waals surface area contributed by atoms with Crippen LogP contribution in [0.4, 0.5) is 0 Å². The molecule has 1 aliphatic heterocycles. The zero-order valence-corrected chi connectivity index (χ0v) is 10.2. The number of piperidine rings is 1. The average molecular weight is 210 g/mol. The normalized spacial score (nSPS) is 25.4. The smallest absolute Gasteiger partial charge is 0.00914 e. The summed E-state index contributed by atoms with van der Waals surface area (Å²) >= 11 is 0. The van der Waals surface area contributed by atoms with Crippen LogP contribution in [0.15, 0.2) is 0 Å². The van der Waals surface area contributed by atoms with Gasteiger partial charge in [0.1, 0.15) is 0 Å². The Morgan fingerprint density at radius 1 is 1.13 bits per heavy atom. The van der Waals surface area contributed by atoms with E-state index in [0.717, 1.165) is 12.0 Å². The van der Waals surface area contributed by atoms with Crippen molar-refractivity contribution in [1.29, 1.82) is 0 Å². The van der Waals surface area contributed by atoms with Crippen molar-refractivity contribution in [2.45, 2.75) is 51.5 Å². The summed E-state index contributed by atoms with van der Waals surface area (Å²) in [4.78, 5) is 2.69. The van der Waals surface area contributed by atoms with Crippen LogP contribution in [0.5, 0.6) is 0 Å². The zero-order chi connectivity index (χ0) is 10.5. The first kappa shape index (κ1) is 11.4. The second-order valence-electron chi connectivity index (χ2n) is 5.33. The minimum absolute atomic E-state index is 0.808. The quantitative estimate of drug-likeness (QED) is 0.749. The van der Waals surface area contributed by atoms with Gasteiger partial charge in [-0.1, -0.05) is 13.3 Å². The van der Waals surface area contributed by atoms with Crippen molar-refractivity contribution >= 4 is 0 Å². The molecule has 1 N–H and O–H groups in total. The number of hydrogen-bond acceptors (Lipinski definition) is 2. The summed E-state index contributed by atoms with van der Waals surface area (Å²) < 4.78 is 0. The lowest BCUT2D eigenvalue weighted by molar-refractivity contribution is 0.140. The van der Waals surface area contributed by atoms with Gasteiger partial charge in [-0.05, 0) is 57.7 Å². The summed E-state index contributed by atoms with van der Waals surface area (Å²) in [6.45, 7) is 7.50. The molecule has 1 heterocycles. The van der Waals surface area contributed by atoms with Gasteiger partial charge in [-0.15, -0.1) is 0 Å². The predicted octanol–water partition coefficient (Wildman–Crippen LogP) is 2.25. The molecule has 0 bridgehead atoms. The number of rotatable bonds is 5. The fourth-order valence-corrected chi connectivity index (χ4v) is 2.71. The van der Waals surface area contributed by atoms with Crippen LogP contribution in [0, 0.1) is 5.92 Å². The molecule has 88 valence electrons. The van der Waals surface area contributed by atoms with Gasteiger partial charge in [-0.3, -0.25) is 0 Å². The summed E-state index contributed by atoms with van der Waals surface area (Å²) in [5.41, 5.74) is 0. The van der Waals surface area contributed by atoms with E-state index < -0.39 is 0 Å². The first-order valence-corrected chi connectivity index (χ1v) is 6.84. The van der Waals surface area contributed by atoms with E-state index in [1.54, 1.807) is 0 Å². The van der Waals surface area contributed by atoms with E-state index in [4.69, 9.17) is 0 Å². The summed E-state index contributed by atoms with van der Waals surface area (Å²) in [5, 5.41) is 3.65. The molecule has 2 heteroatoms. The van der Waals surface area contributed by atoms with Crippen LogP contribution in [0.2, 0.25) is 0 Å². The lowest BCUT2D eigenvalue weighted by Crippen LogP contribution is -2.44. The van der Waals surface area contributed by atoms with Gasteiger partial charge in [-0.25, -0.2) is 0 Å². The molecule has 1 aliphatic carbocycles. The summed E-state index contributed by atoms with van der Waals surface area (Å²) in [6.07, 6.45) is 8.48. The van der Waals surface area contributed by atoms with Crippen LogP contribution >= 0.6 is 0 Å². The lowest BCUT2D eigenvalue weighted by atomic mass is 9.84. The third-order valence-corrected chi connectivity index (χ3v) is 4.01. The molecule has 0 spiro atoms. The predicted molar refractivity (Wildman–Crippen MR) is 65.1 cm³/mol. The molecule has 0 radical (unpaired) electrons. The molecule has 2 aliphatic rings. The van der Waals surface area contributed by atoms with Gasteiger partial charge in [0, 0.05) is 12.6 Å². The number of likely N-dealkylation sites (tertiary alicyclic amines) is 1. The Balaban J connectivity index is 1.58. The summed E-state index contributed by atoms with van der Waals surface area (Å²) in [7, 11) is 0. The molecule has 2 fully saturated rings. The Morgan fingerprint density at radius 3 is 2.40 bits per heavy atom. The van der Waals surface area contributed by atoms with E-state index in [1.165, 1.54) is 64.7 Å².